The van der Waals surface area contributed by atoms with Crippen molar-refractivity contribution in [2.45, 2.75) is 32.6 Å². The minimum absolute atomic E-state index is 0.344. The first-order chi connectivity index (χ1) is 8.79. The first-order valence-corrected chi connectivity index (χ1v) is 7.35. The standard InChI is InChI=1S/C14H26N2O2/c1-2-16(11-13-3-6-15-10-13)14(17)9-12-4-7-18-8-5-12/h12-13,15H,2-11H2,1H3/t13-/m0/s1. The summed E-state index contributed by atoms with van der Waals surface area (Å²) in [6, 6.07) is 0. The van der Waals surface area contributed by atoms with E-state index in [0.717, 1.165) is 58.7 Å². The van der Waals surface area contributed by atoms with Crippen LogP contribution in [-0.2, 0) is 9.53 Å². The second-order valence-electron chi connectivity index (χ2n) is 5.55. The quantitative estimate of drug-likeness (QED) is 0.803. The summed E-state index contributed by atoms with van der Waals surface area (Å²) in [5, 5.41) is 3.37. The maximum Gasteiger partial charge on any atom is 0.222 e. The van der Waals surface area contributed by atoms with E-state index in [1.54, 1.807) is 0 Å². The Hall–Kier alpha value is -0.610. The van der Waals surface area contributed by atoms with Gasteiger partial charge < -0.3 is 15.0 Å². The minimum atomic E-state index is 0.344. The lowest BCUT2D eigenvalue weighted by molar-refractivity contribution is -0.133. The second kappa shape index (κ2) is 7.10. The van der Waals surface area contributed by atoms with Crippen LogP contribution in [0.2, 0.25) is 0 Å². The molecule has 0 aromatic rings. The third-order valence-corrected chi connectivity index (χ3v) is 4.18. The highest BCUT2D eigenvalue weighted by molar-refractivity contribution is 5.76. The number of nitrogens with one attached hydrogen (secondary N) is 1. The van der Waals surface area contributed by atoms with E-state index in [4.69, 9.17) is 4.74 Å². The summed E-state index contributed by atoms with van der Waals surface area (Å²) in [6.45, 7) is 7.71. The molecule has 4 nitrogen and oxygen atoms in total. The minimum Gasteiger partial charge on any atom is -0.381 e. The van der Waals surface area contributed by atoms with Gasteiger partial charge in [-0.05, 0) is 51.1 Å². The van der Waals surface area contributed by atoms with Crippen LogP contribution in [0.5, 0.6) is 0 Å². The van der Waals surface area contributed by atoms with Crippen molar-refractivity contribution in [2.24, 2.45) is 11.8 Å². The van der Waals surface area contributed by atoms with Gasteiger partial charge in [-0.1, -0.05) is 0 Å². The molecule has 1 amide bonds. The zero-order valence-electron chi connectivity index (χ0n) is 11.5. The van der Waals surface area contributed by atoms with Crippen LogP contribution < -0.4 is 5.32 Å². The van der Waals surface area contributed by atoms with Crippen molar-refractivity contribution < 1.29 is 9.53 Å². The molecule has 0 saturated carbocycles. The highest BCUT2D eigenvalue weighted by Crippen LogP contribution is 2.20. The number of rotatable bonds is 5. The molecule has 1 atom stereocenters. The van der Waals surface area contributed by atoms with Gasteiger partial charge in [-0.25, -0.2) is 0 Å². The van der Waals surface area contributed by atoms with Crippen molar-refractivity contribution in [1.29, 1.82) is 0 Å². The van der Waals surface area contributed by atoms with Crippen LogP contribution in [-0.4, -0.2) is 50.2 Å². The Morgan fingerprint density at radius 3 is 2.67 bits per heavy atom. The Balaban J connectivity index is 1.76. The fourth-order valence-electron chi connectivity index (χ4n) is 2.92. The lowest BCUT2D eigenvalue weighted by Crippen LogP contribution is -2.37. The first-order valence-electron chi connectivity index (χ1n) is 7.35. The summed E-state index contributed by atoms with van der Waals surface area (Å²) in [5.74, 6) is 1.54. The summed E-state index contributed by atoms with van der Waals surface area (Å²) >= 11 is 0. The molecule has 4 heteroatoms. The van der Waals surface area contributed by atoms with E-state index in [0.29, 0.717) is 17.7 Å². The Bertz CT molecular complexity index is 259. The topological polar surface area (TPSA) is 41.6 Å². The molecule has 2 rings (SSSR count). The number of nitrogens with zero attached hydrogens (tertiary/aromatic N) is 1. The van der Waals surface area contributed by atoms with Gasteiger partial charge in [-0.15, -0.1) is 0 Å². The van der Waals surface area contributed by atoms with Crippen LogP contribution in [0.1, 0.15) is 32.6 Å². The van der Waals surface area contributed by atoms with Gasteiger partial charge in [0.05, 0.1) is 0 Å². The van der Waals surface area contributed by atoms with Gasteiger partial charge in [-0.2, -0.15) is 0 Å². The third-order valence-electron chi connectivity index (χ3n) is 4.18. The molecule has 0 aromatic heterocycles. The summed E-state index contributed by atoms with van der Waals surface area (Å²) in [5.41, 5.74) is 0. The van der Waals surface area contributed by atoms with Crippen LogP contribution in [0.25, 0.3) is 0 Å². The van der Waals surface area contributed by atoms with E-state index >= 15 is 0 Å². The van der Waals surface area contributed by atoms with Crippen LogP contribution in [0.15, 0.2) is 0 Å². The molecule has 0 aromatic carbocycles. The fraction of sp³-hybridized carbons (Fsp3) is 0.929. The highest BCUT2D eigenvalue weighted by atomic mass is 16.5. The molecular weight excluding hydrogens is 228 g/mol. The zero-order valence-corrected chi connectivity index (χ0v) is 11.5. The molecule has 1 N–H and O–H groups in total. The maximum absolute atomic E-state index is 12.3. The summed E-state index contributed by atoms with van der Waals surface area (Å²) < 4.78 is 5.34. The van der Waals surface area contributed by atoms with Crippen LogP contribution >= 0.6 is 0 Å². The maximum atomic E-state index is 12.3. The van der Waals surface area contributed by atoms with Gasteiger partial charge in [0.25, 0.3) is 0 Å². The predicted molar refractivity (Wildman–Crippen MR) is 71.4 cm³/mol. The van der Waals surface area contributed by atoms with Gasteiger partial charge in [0.15, 0.2) is 0 Å². The van der Waals surface area contributed by atoms with Crippen molar-refractivity contribution in [3.63, 3.8) is 0 Å². The van der Waals surface area contributed by atoms with E-state index in [2.05, 4.69) is 12.2 Å². The third kappa shape index (κ3) is 3.95. The zero-order chi connectivity index (χ0) is 12.8. The van der Waals surface area contributed by atoms with Gasteiger partial charge in [0.1, 0.15) is 0 Å². The fourth-order valence-corrected chi connectivity index (χ4v) is 2.92. The average Bonchev–Trinajstić information content (AvgIpc) is 2.90. The number of ether oxygens (including phenoxy) is 1. The molecule has 0 aliphatic carbocycles. The van der Waals surface area contributed by atoms with Crippen molar-refractivity contribution in [1.82, 2.24) is 10.2 Å². The van der Waals surface area contributed by atoms with Crippen LogP contribution in [0.4, 0.5) is 0 Å². The van der Waals surface area contributed by atoms with E-state index in [9.17, 15) is 4.79 Å². The van der Waals surface area contributed by atoms with Gasteiger partial charge in [0, 0.05) is 32.7 Å². The molecule has 0 radical (unpaired) electrons. The SMILES string of the molecule is CCN(C[C@H]1CCNC1)C(=O)CC1CCOCC1. The highest BCUT2D eigenvalue weighted by Gasteiger charge is 2.23. The number of carbonyl (C=O) groups excluding carboxylic acids is 1. The molecule has 0 unspecified atom stereocenters. The van der Waals surface area contributed by atoms with Gasteiger partial charge in [-0.3, -0.25) is 4.79 Å². The molecule has 104 valence electrons. The van der Waals surface area contributed by atoms with Crippen LogP contribution in [0.3, 0.4) is 0 Å². The lowest BCUT2D eigenvalue weighted by Gasteiger charge is -2.27. The Labute approximate surface area is 110 Å². The summed E-state index contributed by atoms with van der Waals surface area (Å²) in [4.78, 5) is 14.3. The summed E-state index contributed by atoms with van der Waals surface area (Å²) in [7, 11) is 0. The summed E-state index contributed by atoms with van der Waals surface area (Å²) in [6.07, 6.45) is 4.03. The second-order valence-corrected chi connectivity index (χ2v) is 5.55. The van der Waals surface area contributed by atoms with Crippen molar-refractivity contribution in [3.05, 3.63) is 0 Å². The van der Waals surface area contributed by atoms with Crippen molar-refractivity contribution >= 4 is 5.91 Å². The Kier molecular flexibility index (Phi) is 5.45. The molecule has 0 bridgehead atoms. The smallest absolute Gasteiger partial charge is 0.222 e. The van der Waals surface area contributed by atoms with Gasteiger partial charge in [0.2, 0.25) is 5.91 Å². The monoisotopic (exact) mass is 254 g/mol. The van der Waals surface area contributed by atoms with Crippen molar-refractivity contribution in [2.75, 3.05) is 39.4 Å². The molecular formula is C14H26N2O2. The van der Waals surface area contributed by atoms with E-state index in [1.807, 2.05) is 4.90 Å². The van der Waals surface area contributed by atoms with E-state index < -0.39 is 0 Å². The lowest BCUT2D eigenvalue weighted by atomic mass is 9.95. The molecule has 2 aliphatic rings. The van der Waals surface area contributed by atoms with Gasteiger partial charge >= 0.3 is 0 Å². The number of carbonyl (C=O) groups is 1. The molecule has 2 saturated heterocycles. The number of hydrogen-bond acceptors (Lipinski definition) is 3. The molecule has 2 fully saturated rings. The molecule has 0 spiro atoms. The van der Waals surface area contributed by atoms with E-state index in [1.165, 1.54) is 6.42 Å². The largest absolute Gasteiger partial charge is 0.381 e. The first kappa shape index (κ1) is 13.8. The van der Waals surface area contributed by atoms with Crippen molar-refractivity contribution in [3.8, 4) is 0 Å². The van der Waals surface area contributed by atoms with E-state index in [-0.39, 0.29) is 0 Å². The average molecular weight is 254 g/mol. The predicted octanol–water partition coefficient (Wildman–Crippen LogP) is 1.26. The molecule has 18 heavy (non-hydrogen) atoms. The Morgan fingerprint density at radius 1 is 1.28 bits per heavy atom. The number of amides is 1. The molecule has 2 heterocycles. The normalized spacial score (nSPS) is 25.3. The number of hydrogen-bond donors (Lipinski definition) is 1. The molecule has 2 aliphatic heterocycles. The Morgan fingerprint density at radius 2 is 2.06 bits per heavy atom. The van der Waals surface area contributed by atoms with Crippen LogP contribution in [0, 0.1) is 11.8 Å².